The van der Waals surface area contributed by atoms with E-state index >= 15 is 0 Å². The van der Waals surface area contributed by atoms with Gasteiger partial charge in [-0.15, -0.1) is 11.6 Å². The smallest absolute Gasteiger partial charge is 0.124 e. The zero-order valence-electron chi connectivity index (χ0n) is 10.9. The van der Waals surface area contributed by atoms with Crippen molar-refractivity contribution in [2.75, 3.05) is 18.6 Å². The van der Waals surface area contributed by atoms with Gasteiger partial charge >= 0.3 is 0 Å². The molecule has 0 saturated carbocycles. The van der Waals surface area contributed by atoms with E-state index in [0.717, 1.165) is 35.1 Å². The van der Waals surface area contributed by atoms with Crippen LogP contribution in [0, 0.1) is 5.92 Å². The summed E-state index contributed by atoms with van der Waals surface area (Å²) in [6, 6.07) is 6.05. The lowest BCUT2D eigenvalue weighted by Gasteiger charge is -2.12. The predicted octanol–water partition coefficient (Wildman–Crippen LogP) is 3.54. The normalized spacial score (nSPS) is 19.2. The molecular formula is C14H17ClN2OS. The lowest BCUT2D eigenvalue weighted by atomic mass is 10.1. The highest BCUT2D eigenvalue weighted by atomic mass is 35.5. The summed E-state index contributed by atoms with van der Waals surface area (Å²) in [5.74, 6) is 5.53. The molecule has 1 aromatic heterocycles. The molecule has 1 unspecified atom stereocenters. The summed E-state index contributed by atoms with van der Waals surface area (Å²) in [5.41, 5.74) is 2.13. The monoisotopic (exact) mass is 296 g/mol. The summed E-state index contributed by atoms with van der Waals surface area (Å²) in [4.78, 5) is 4.63. The molecule has 2 aromatic rings. The molecule has 1 fully saturated rings. The van der Waals surface area contributed by atoms with Crippen LogP contribution >= 0.6 is 23.4 Å². The molecular weight excluding hydrogens is 280 g/mol. The third-order valence-electron chi connectivity index (χ3n) is 3.62. The minimum absolute atomic E-state index is 0.455. The van der Waals surface area contributed by atoms with Gasteiger partial charge < -0.3 is 9.30 Å². The molecule has 3 nitrogen and oxygen atoms in total. The molecule has 0 amide bonds. The Morgan fingerprint density at radius 2 is 2.42 bits per heavy atom. The van der Waals surface area contributed by atoms with E-state index in [1.165, 1.54) is 17.9 Å². The van der Waals surface area contributed by atoms with Crippen molar-refractivity contribution in [2.45, 2.75) is 18.8 Å². The van der Waals surface area contributed by atoms with Crippen LogP contribution in [0.4, 0.5) is 0 Å². The van der Waals surface area contributed by atoms with Gasteiger partial charge in [-0.2, -0.15) is 11.8 Å². The molecule has 1 saturated heterocycles. The van der Waals surface area contributed by atoms with Crippen molar-refractivity contribution in [3.63, 3.8) is 0 Å². The number of aromatic nitrogens is 2. The number of imidazole rings is 1. The van der Waals surface area contributed by atoms with Gasteiger partial charge in [0.2, 0.25) is 0 Å². The second-order valence-electron chi connectivity index (χ2n) is 4.86. The fraction of sp³-hybridized carbons (Fsp3) is 0.500. The minimum atomic E-state index is 0.455. The molecule has 1 atom stereocenters. The second-order valence-corrected chi connectivity index (χ2v) is 6.27. The van der Waals surface area contributed by atoms with Crippen molar-refractivity contribution in [2.24, 2.45) is 5.92 Å². The van der Waals surface area contributed by atoms with Crippen molar-refractivity contribution < 1.29 is 4.74 Å². The number of alkyl halides is 1. The zero-order valence-corrected chi connectivity index (χ0v) is 12.5. The maximum Gasteiger partial charge on any atom is 0.124 e. The summed E-state index contributed by atoms with van der Waals surface area (Å²) >= 11 is 8.09. The second kappa shape index (κ2) is 5.63. The van der Waals surface area contributed by atoms with Gasteiger partial charge in [-0.1, -0.05) is 0 Å². The quantitative estimate of drug-likeness (QED) is 0.808. The van der Waals surface area contributed by atoms with E-state index in [9.17, 15) is 0 Å². The van der Waals surface area contributed by atoms with Crippen molar-refractivity contribution in [3.8, 4) is 5.75 Å². The van der Waals surface area contributed by atoms with Gasteiger partial charge in [-0.25, -0.2) is 4.98 Å². The number of halogens is 1. The van der Waals surface area contributed by atoms with Crippen LogP contribution in [0.25, 0.3) is 11.0 Å². The number of benzene rings is 1. The van der Waals surface area contributed by atoms with Crippen LogP contribution in [0.15, 0.2) is 18.2 Å². The molecule has 2 heterocycles. The number of fused-ring (bicyclic) bond motifs is 1. The molecule has 1 aliphatic rings. The molecule has 0 bridgehead atoms. The third kappa shape index (κ3) is 2.56. The Kier molecular flexibility index (Phi) is 3.89. The highest BCUT2D eigenvalue weighted by molar-refractivity contribution is 7.99. The van der Waals surface area contributed by atoms with E-state index in [2.05, 4.69) is 15.6 Å². The average molecular weight is 297 g/mol. The Balaban J connectivity index is 2.00. The van der Waals surface area contributed by atoms with Crippen molar-refractivity contribution in [3.05, 3.63) is 24.0 Å². The largest absolute Gasteiger partial charge is 0.497 e. The van der Waals surface area contributed by atoms with E-state index in [1.54, 1.807) is 7.11 Å². The van der Waals surface area contributed by atoms with Gasteiger partial charge in [0, 0.05) is 12.6 Å². The number of methoxy groups -OCH3 is 1. The molecule has 0 aliphatic carbocycles. The number of thioether (sulfide) groups is 1. The summed E-state index contributed by atoms with van der Waals surface area (Å²) in [6.07, 6.45) is 1.29. The third-order valence-corrected chi connectivity index (χ3v) is 5.09. The lowest BCUT2D eigenvalue weighted by Crippen LogP contribution is -2.12. The average Bonchev–Trinajstić information content (AvgIpc) is 3.06. The highest BCUT2D eigenvalue weighted by Gasteiger charge is 2.19. The van der Waals surface area contributed by atoms with E-state index in [1.807, 2.05) is 23.9 Å². The Morgan fingerprint density at radius 3 is 3.11 bits per heavy atom. The first kappa shape index (κ1) is 13.1. The van der Waals surface area contributed by atoms with Crippen molar-refractivity contribution in [1.82, 2.24) is 9.55 Å². The van der Waals surface area contributed by atoms with E-state index in [4.69, 9.17) is 16.3 Å². The lowest BCUT2D eigenvalue weighted by molar-refractivity contribution is 0.415. The molecule has 1 aliphatic heterocycles. The van der Waals surface area contributed by atoms with Gasteiger partial charge in [-0.05, 0) is 36.0 Å². The van der Waals surface area contributed by atoms with Gasteiger partial charge in [0.15, 0.2) is 0 Å². The minimum Gasteiger partial charge on any atom is -0.497 e. The van der Waals surface area contributed by atoms with Gasteiger partial charge in [0.1, 0.15) is 11.6 Å². The van der Waals surface area contributed by atoms with Gasteiger partial charge in [0.05, 0.1) is 24.0 Å². The molecule has 102 valence electrons. The van der Waals surface area contributed by atoms with Gasteiger partial charge in [0.25, 0.3) is 0 Å². The number of hydrogen-bond acceptors (Lipinski definition) is 3. The van der Waals surface area contributed by atoms with Crippen LogP contribution in [0.3, 0.4) is 0 Å². The van der Waals surface area contributed by atoms with Gasteiger partial charge in [-0.3, -0.25) is 0 Å². The number of hydrogen-bond donors (Lipinski definition) is 0. The Labute approximate surface area is 122 Å². The van der Waals surface area contributed by atoms with Crippen molar-refractivity contribution in [1.29, 1.82) is 0 Å². The van der Waals surface area contributed by atoms with E-state index < -0.39 is 0 Å². The van der Waals surface area contributed by atoms with Crippen LogP contribution in [-0.4, -0.2) is 28.2 Å². The fourth-order valence-electron chi connectivity index (χ4n) is 2.58. The fourth-order valence-corrected chi connectivity index (χ4v) is 4.05. The molecule has 3 rings (SSSR count). The standard InChI is InChI=1S/C14H17ClN2OS/c1-18-11-2-3-13-12(6-11)16-14(7-15)17(13)8-10-4-5-19-9-10/h2-3,6,10H,4-5,7-9H2,1H3. The maximum absolute atomic E-state index is 6.04. The zero-order chi connectivity index (χ0) is 13.2. The predicted molar refractivity (Wildman–Crippen MR) is 81.3 cm³/mol. The topological polar surface area (TPSA) is 27.1 Å². The SMILES string of the molecule is COc1ccc2c(c1)nc(CCl)n2CC1CCSC1. The number of rotatable bonds is 4. The highest BCUT2D eigenvalue weighted by Crippen LogP contribution is 2.28. The Bertz CT molecular complexity index is 578. The summed E-state index contributed by atoms with van der Waals surface area (Å²) in [7, 11) is 1.68. The molecule has 0 N–H and O–H groups in total. The maximum atomic E-state index is 6.04. The summed E-state index contributed by atoms with van der Waals surface area (Å²) in [5, 5.41) is 0. The Morgan fingerprint density at radius 1 is 1.53 bits per heavy atom. The first-order valence-electron chi connectivity index (χ1n) is 6.48. The van der Waals surface area contributed by atoms with E-state index in [0.29, 0.717) is 5.88 Å². The summed E-state index contributed by atoms with van der Waals surface area (Å²) in [6.45, 7) is 1.03. The van der Waals surface area contributed by atoms with Crippen molar-refractivity contribution >= 4 is 34.4 Å². The number of ether oxygens (including phenoxy) is 1. The van der Waals surface area contributed by atoms with Crippen LogP contribution in [0.2, 0.25) is 0 Å². The van der Waals surface area contributed by atoms with Crippen LogP contribution in [0.5, 0.6) is 5.75 Å². The first-order chi connectivity index (χ1) is 9.31. The van der Waals surface area contributed by atoms with E-state index in [-0.39, 0.29) is 0 Å². The number of nitrogens with zero attached hydrogens (tertiary/aromatic N) is 2. The molecule has 0 radical (unpaired) electrons. The molecule has 1 aromatic carbocycles. The van der Waals surface area contributed by atoms with Crippen LogP contribution in [-0.2, 0) is 12.4 Å². The van der Waals surface area contributed by atoms with Crippen LogP contribution < -0.4 is 4.74 Å². The molecule has 0 spiro atoms. The van der Waals surface area contributed by atoms with Crippen LogP contribution in [0.1, 0.15) is 12.2 Å². The molecule has 5 heteroatoms. The summed E-state index contributed by atoms with van der Waals surface area (Å²) < 4.78 is 7.53. The Hall–Kier alpha value is -0.870. The first-order valence-corrected chi connectivity index (χ1v) is 8.17. The molecule has 19 heavy (non-hydrogen) atoms.